The summed E-state index contributed by atoms with van der Waals surface area (Å²) in [6.45, 7) is 3.69. The van der Waals surface area contributed by atoms with E-state index in [0.717, 1.165) is 23.1 Å². The van der Waals surface area contributed by atoms with Gasteiger partial charge in [-0.05, 0) is 22.5 Å². The third-order valence-electron chi connectivity index (χ3n) is 2.04. The van der Waals surface area contributed by atoms with Crippen LogP contribution in [0.5, 0.6) is 0 Å². The highest BCUT2D eigenvalue weighted by Gasteiger charge is 2.11. The number of likely N-dealkylation sites (N-methyl/N-ethyl adjacent to an activating group) is 1. The van der Waals surface area contributed by atoms with Crippen LogP contribution < -0.4 is 5.32 Å². The van der Waals surface area contributed by atoms with Crippen molar-refractivity contribution in [3.8, 4) is 0 Å². The first-order valence-electron chi connectivity index (χ1n) is 4.94. The SMILES string of the molecule is CCNC(COC)Cc1ncncc1Br. The molecule has 0 amide bonds. The average Bonchev–Trinajstić information content (AvgIpc) is 2.22. The zero-order chi connectivity index (χ0) is 11.1. The lowest BCUT2D eigenvalue weighted by Crippen LogP contribution is -2.35. The van der Waals surface area contributed by atoms with E-state index in [1.54, 1.807) is 19.6 Å². The molecule has 1 atom stereocenters. The number of ether oxygens (including phenoxy) is 1. The number of halogens is 1. The first kappa shape index (κ1) is 12.5. The molecule has 0 aliphatic rings. The lowest BCUT2D eigenvalue weighted by molar-refractivity contribution is 0.166. The largest absolute Gasteiger partial charge is 0.383 e. The van der Waals surface area contributed by atoms with Crippen molar-refractivity contribution in [3.63, 3.8) is 0 Å². The summed E-state index contributed by atoms with van der Waals surface area (Å²) in [5, 5.41) is 3.35. The van der Waals surface area contributed by atoms with Gasteiger partial charge in [0.2, 0.25) is 0 Å². The Bertz CT molecular complexity index is 290. The quantitative estimate of drug-likeness (QED) is 0.852. The highest BCUT2D eigenvalue weighted by Crippen LogP contribution is 2.13. The second-order valence-corrected chi connectivity index (χ2v) is 4.09. The third-order valence-corrected chi connectivity index (χ3v) is 2.71. The summed E-state index contributed by atoms with van der Waals surface area (Å²) in [6.07, 6.45) is 4.17. The summed E-state index contributed by atoms with van der Waals surface area (Å²) in [7, 11) is 1.71. The summed E-state index contributed by atoms with van der Waals surface area (Å²) < 4.78 is 6.10. The van der Waals surface area contributed by atoms with Crippen molar-refractivity contribution in [2.24, 2.45) is 0 Å². The maximum Gasteiger partial charge on any atom is 0.115 e. The molecule has 1 unspecified atom stereocenters. The van der Waals surface area contributed by atoms with Crippen LogP contribution in [0.1, 0.15) is 12.6 Å². The molecule has 0 radical (unpaired) electrons. The minimum Gasteiger partial charge on any atom is -0.383 e. The first-order chi connectivity index (χ1) is 7.27. The minimum atomic E-state index is 0.297. The molecular weight excluding hydrogens is 258 g/mol. The van der Waals surface area contributed by atoms with Crippen molar-refractivity contribution >= 4 is 15.9 Å². The number of nitrogens with zero attached hydrogens (tertiary/aromatic N) is 2. The highest BCUT2D eigenvalue weighted by atomic mass is 79.9. The Morgan fingerprint density at radius 1 is 1.60 bits per heavy atom. The van der Waals surface area contributed by atoms with Crippen LogP contribution in [0.4, 0.5) is 0 Å². The molecule has 84 valence electrons. The summed E-state index contributed by atoms with van der Waals surface area (Å²) in [6, 6.07) is 0.297. The maximum atomic E-state index is 5.15. The molecule has 1 rings (SSSR count). The molecule has 0 aromatic carbocycles. The molecule has 0 saturated carbocycles. The number of nitrogens with one attached hydrogen (secondary N) is 1. The molecule has 1 N–H and O–H groups in total. The van der Waals surface area contributed by atoms with E-state index in [1.807, 2.05) is 0 Å². The van der Waals surface area contributed by atoms with Gasteiger partial charge in [0.05, 0.1) is 16.8 Å². The summed E-state index contributed by atoms with van der Waals surface area (Å²) >= 11 is 3.43. The van der Waals surface area contributed by atoms with E-state index in [0.29, 0.717) is 12.6 Å². The Hall–Kier alpha value is -0.520. The molecule has 0 bridgehead atoms. The standard InChI is InChI=1S/C10H16BrN3O/c1-3-13-8(6-15-2)4-10-9(11)5-12-7-14-10/h5,7-8,13H,3-4,6H2,1-2H3. The van der Waals surface area contributed by atoms with Crippen molar-refractivity contribution in [1.82, 2.24) is 15.3 Å². The molecule has 0 fully saturated rings. The third kappa shape index (κ3) is 4.24. The number of rotatable bonds is 6. The van der Waals surface area contributed by atoms with Crippen LogP contribution in [0.25, 0.3) is 0 Å². The summed E-state index contributed by atoms with van der Waals surface area (Å²) in [5.41, 5.74) is 1.01. The zero-order valence-electron chi connectivity index (χ0n) is 9.03. The van der Waals surface area contributed by atoms with Gasteiger partial charge in [0.15, 0.2) is 0 Å². The fourth-order valence-corrected chi connectivity index (χ4v) is 1.78. The number of hydrogen-bond donors (Lipinski definition) is 1. The van der Waals surface area contributed by atoms with Gasteiger partial charge in [-0.25, -0.2) is 9.97 Å². The van der Waals surface area contributed by atoms with Gasteiger partial charge < -0.3 is 10.1 Å². The molecule has 4 nitrogen and oxygen atoms in total. The lowest BCUT2D eigenvalue weighted by atomic mass is 10.1. The zero-order valence-corrected chi connectivity index (χ0v) is 10.6. The fraction of sp³-hybridized carbons (Fsp3) is 0.600. The minimum absolute atomic E-state index is 0.297. The van der Waals surface area contributed by atoms with Crippen LogP contribution in [-0.2, 0) is 11.2 Å². The second-order valence-electron chi connectivity index (χ2n) is 3.23. The molecule has 0 aliphatic heterocycles. The van der Waals surface area contributed by atoms with E-state index < -0.39 is 0 Å². The van der Waals surface area contributed by atoms with E-state index >= 15 is 0 Å². The molecule has 0 saturated heterocycles. The van der Waals surface area contributed by atoms with Gasteiger partial charge in [0.1, 0.15) is 6.33 Å². The Morgan fingerprint density at radius 3 is 3.00 bits per heavy atom. The van der Waals surface area contributed by atoms with Gasteiger partial charge in [-0.2, -0.15) is 0 Å². The van der Waals surface area contributed by atoms with Crippen LogP contribution >= 0.6 is 15.9 Å². The first-order valence-corrected chi connectivity index (χ1v) is 5.74. The Balaban J connectivity index is 2.60. The van der Waals surface area contributed by atoms with Crippen molar-refractivity contribution in [2.45, 2.75) is 19.4 Å². The van der Waals surface area contributed by atoms with Crippen LogP contribution in [-0.4, -0.2) is 36.3 Å². The highest BCUT2D eigenvalue weighted by molar-refractivity contribution is 9.10. The van der Waals surface area contributed by atoms with Gasteiger partial charge in [0.25, 0.3) is 0 Å². The molecule has 15 heavy (non-hydrogen) atoms. The molecular formula is C10H16BrN3O. The van der Waals surface area contributed by atoms with Gasteiger partial charge in [-0.3, -0.25) is 0 Å². The predicted molar refractivity (Wildman–Crippen MR) is 62.8 cm³/mol. The predicted octanol–water partition coefficient (Wildman–Crippen LogP) is 1.41. The van der Waals surface area contributed by atoms with Crippen molar-refractivity contribution in [3.05, 3.63) is 22.7 Å². The molecule has 5 heteroatoms. The number of methoxy groups -OCH3 is 1. The van der Waals surface area contributed by atoms with Gasteiger partial charge in [-0.1, -0.05) is 6.92 Å². The topological polar surface area (TPSA) is 47.0 Å². The summed E-state index contributed by atoms with van der Waals surface area (Å²) in [5.74, 6) is 0. The van der Waals surface area contributed by atoms with E-state index in [9.17, 15) is 0 Å². The fourth-order valence-electron chi connectivity index (χ4n) is 1.40. The van der Waals surface area contributed by atoms with Crippen molar-refractivity contribution < 1.29 is 4.74 Å². The summed E-state index contributed by atoms with van der Waals surface area (Å²) in [4.78, 5) is 8.16. The van der Waals surface area contributed by atoms with Gasteiger partial charge in [-0.15, -0.1) is 0 Å². The van der Waals surface area contributed by atoms with E-state index in [1.165, 1.54) is 0 Å². The Kier molecular flexibility index (Phi) is 5.75. The molecule has 0 spiro atoms. The molecule has 1 aromatic heterocycles. The second kappa shape index (κ2) is 6.87. The van der Waals surface area contributed by atoms with Crippen LogP contribution in [0, 0.1) is 0 Å². The average molecular weight is 274 g/mol. The maximum absolute atomic E-state index is 5.15. The van der Waals surface area contributed by atoms with E-state index in [4.69, 9.17) is 4.74 Å². The van der Waals surface area contributed by atoms with Crippen LogP contribution in [0.15, 0.2) is 17.0 Å². The van der Waals surface area contributed by atoms with Crippen molar-refractivity contribution in [1.29, 1.82) is 0 Å². The van der Waals surface area contributed by atoms with Crippen LogP contribution in [0.3, 0.4) is 0 Å². The van der Waals surface area contributed by atoms with E-state index in [2.05, 4.69) is 38.1 Å². The monoisotopic (exact) mass is 273 g/mol. The molecule has 0 aliphatic carbocycles. The Morgan fingerprint density at radius 2 is 2.40 bits per heavy atom. The smallest absolute Gasteiger partial charge is 0.115 e. The normalized spacial score (nSPS) is 12.7. The van der Waals surface area contributed by atoms with E-state index in [-0.39, 0.29) is 0 Å². The molecule has 1 heterocycles. The molecule has 1 aromatic rings. The Labute approximate surface area is 98.6 Å². The number of aromatic nitrogens is 2. The van der Waals surface area contributed by atoms with Crippen molar-refractivity contribution in [2.75, 3.05) is 20.3 Å². The van der Waals surface area contributed by atoms with Gasteiger partial charge in [0, 0.05) is 25.8 Å². The number of hydrogen-bond acceptors (Lipinski definition) is 4. The lowest BCUT2D eigenvalue weighted by Gasteiger charge is -2.16. The van der Waals surface area contributed by atoms with Gasteiger partial charge >= 0.3 is 0 Å². The van der Waals surface area contributed by atoms with Crippen LogP contribution in [0.2, 0.25) is 0 Å².